The van der Waals surface area contributed by atoms with Crippen molar-refractivity contribution < 1.29 is 9.21 Å². The van der Waals surface area contributed by atoms with Gasteiger partial charge in [0, 0.05) is 13.0 Å². The summed E-state index contributed by atoms with van der Waals surface area (Å²) >= 11 is 0. The molecule has 0 saturated carbocycles. The number of furan rings is 1. The molecule has 2 rings (SSSR count). The molecule has 0 bridgehead atoms. The number of carbonyl (C=O) groups excluding carboxylic acids is 1. The normalized spacial score (nSPS) is 21.7. The fourth-order valence-electron chi connectivity index (χ4n) is 1.33. The van der Waals surface area contributed by atoms with E-state index < -0.39 is 0 Å². The molecule has 0 spiro atoms. The third kappa shape index (κ3) is 1.35. The fraction of sp³-hybridized carbons (Fsp3) is 0.444. The maximum atomic E-state index is 10.8. The van der Waals surface area contributed by atoms with Crippen molar-refractivity contribution in [3.05, 3.63) is 24.2 Å². The molecule has 1 amide bonds. The van der Waals surface area contributed by atoms with Crippen molar-refractivity contribution in [2.75, 3.05) is 6.54 Å². The first kappa shape index (κ1) is 7.40. The van der Waals surface area contributed by atoms with E-state index >= 15 is 0 Å². The lowest BCUT2D eigenvalue weighted by Crippen LogP contribution is -2.48. The van der Waals surface area contributed by atoms with Gasteiger partial charge in [-0.1, -0.05) is 0 Å². The first-order valence-corrected chi connectivity index (χ1v) is 4.16. The van der Waals surface area contributed by atoms with Crippen LogP contribution < -0.4 is 5.32 Å². The Morgan fingerprint density at radius 3 is 3.08 bits per heavy atom. The minimum absolute atomic E-state index is 0.182. The molecule has 1 N–H and O–H groups in total. The number of carbonyl (C=O) groups is 1. The number of hydrogen-bond acceptors (Lipinski definition) is 2. The Morgan fingerprint density at radius 2 is 2.58 bits per heavy atom. The van der Waals surface area contributed by atoms with Crippen molar-refractivity contribution in [2.45, 2.75) is 12.8 Å². The zero-order chi connectivity index (χ0) is 8.39. The van der Waals surface area contributed by atoms with Crippen LogP contribution in [0.3, 0.4) is 0 Å². The zero-order valence-corrected chi connectivity index (χ0v) is 6.75. The van der Waals surface area contributed by atoms with E-state index in [0.717, 1.165) is 25.1 Å². The van der Waals surface area contributed by atoms with Crippen LogP contribution in [0.1, 0.15) is 12.2 Å². The Bertz CT molecular complexity index is 266. The minimum atomic E-state index is 0.182. The summed E-state index contributed by atoms with van der Waals surface area (Å²) in [6.45, 7) is 0.833. The molecule has 1 aromatic rings. The van der Waals surface area contributed by atoms with Gasteiger partial charge in [0.2, 0.25) is 5.91 Å². The topological polar surface area (TPSA) is 42.2 Å². The van der Waals surface area contributed by atoms with Crippen molar-refractivity contribution >= 4 is 5.91 Å². The van der Waals surface area contributed by atoms with Crippen molar-refractivity contribution in [3.8, 4) is 0 Å². The SMILES string of the molecule is O=C1NC[C@@H]1CCc1ccco1. The van der Waals surface area contributed by atoms with Gasteiger partial charge in [-0.15, -0.1) is 0 Å². The van der Waals surface area contributed by atoms with E-state index in [-0.39, 0.29) is 11.8 Å². The van der Waals surface area contributed by atoms with Crippen LogP contribution in [0.25, 0.3) is 0 Å². The van der Waals surface area contributed by atoms with Gasteiger partial charge >= 0.3 is 0 Å². The molecule has 12 heavy (non-hydrogen) atoms. The molecule has 1 saturated heterocycles. The molecule has 64 valence electrons. The Labute approximate surface area is 70.8 Å². The standard InChI is InChI=1S/C9H11NO2/c11-9-7(6-10-9)3-4-8-2-1-5-12-8/h1-2,5,7H,3-4,6H2,(H,10,11)/t7-/m0/s1. The zero-order valence-electron chi connectivity index (χ0n) is 6.75. The summed E-state index contributed by atoms with van der Waals surface area (Å²) in [6, 6.07) is 3.81. The molecule has 1 fully saturated rings. The van der Waals surface area contributed by atoms with Gasteiger partial charge in [0.15, 0.2) is 0 Å². The summed E-state index contributed by atoms with van der Waals surface area (Å²) in [7, 11) is 0. The van der Waals surface area contributed by atoms with Gasteiger partial charge in [0.1, 0.15) is 5.76 Å². The third-order valence-corrected chi connectivity index (χ3v) is 2.21. The molecule has 0 unspecified atom stereocenters. The number of β-lactam (4-membered cyclic amide) rings is 1. The predicted molar refractivity (Wildman–Crippen MR) is 43.5 cm³/mol. The fourth-order valence-corrected chi connectivity index (χ4v) is 1.33. The van der Waals surface area contributed by atoms with Crippen LogP contribution in [-0.2, 0) is 11.2 Å². The molecule has 0 radical (unpaired) electrons. The summed E-state index contributed by atoms with van der Waals surface area (Å²) in [6.07, 6.45) is 3.43. The Kier molecular flexibility index (Phi) is 1.86. The summed E-state index contributed by atoms with van der Waals surface area (Å²) in [4.78, 5) is 10.8. The van der Waals surface area contributed by atoms with Crippen molar-refractivity contribution in [3.63, 3.8) is 0 Å². The van der Waals surface area contributed by atoms with Gasteiger partial charge in [0.05, 0.1) is 12.2 Å². The Balaban J connectivity index is 1.79. The van der Waals surface area contributed by atoms with Gasteiger partial charge in [-0.3, -0.25) is 4.79 Å². The first-order valence-electron chi connectivity index (χ1n) is 4.16. The van der Waals surface area contributed by atoms with E-state index in [1.807, 2.05) is 12.1 Å². The summed E-state index contributed by atoms with van der Waals surface area (Å²) in [5.74, 6) is 1.37. The number of nitrogens with one attached hydrogen (secondary N) is 1. The highest BCUT2D eigenvalue weighted by atomic mass is 16.3. The molecule has 1 aromatic heterocycles. The molecule has 1 atom stereocenters. The van der Waals surface area contributed by atoms with Crippen molar-refractivity contribution in [1.29, 1.82) is 0 Å². The van der Waals surface area contributed by atoms with Gasteiger partial charge in [-0.05, 0) is 18.6 Å². The lowest BCUT2D eigenvalue weighted by Gasteiger charge is -2.25. The predicted octanol–water partition coefficient (Wildman–Crippen LogP) is 0.958. The highest BCUT2D eigenvalue weighted by Crippen LogP contribution is 2.14. The minimum Gasteiger partial charge on any atom is -0.469 e. The number of amides is 1. The Hall–Kier alpha value is -1.25. The third-order valence-electron chi connectivity index (χ3n) is 2.21. The average molecular weight is 165 g/mol. The van der Waals surface area contributed by atoms with E-state index in [1.165, 1.54) is 0 Å². The number of rotatable bonds is 3. The molecule has 3 heteroatoms. The molecule has 3 nitrogen and oxygen atoms in total. The van der Waals surface area contributed by atoms with Crippen molar-refractivity contribution in [1.82, 2.24) is 5.32 Å². The lowest BCUT2D eigenvalue weighted by molar-refractivity contribution is -0.131. The van der Waals surface area contributed by atoms with Crippen molar-refractivity contribution in [2.24, 2.45) is 5.92 Å². The van der Waals surface area contributed by atoms with Crippen LogP contribution >= 0.6 is 0 Å². The smallest absolute Gasteiger partial charge is 0.224 e. The Morgan fingerprint density at radius 1 is 1.67 bits per heavy atom. The molecule has 1 aliphatic heterocycles. The van der Waals surface area contributed by atoms with Gasteiger partial charge in [-0.25, -0.2) is 0 Å². The van der Waals surface area contributed by atoms with E-state index in [2.05, 4.69) is 5.32 Å². The van der Waals surface area contributed by atoms with Crippen LogP contribution in [0.2, 0.25) is 0 Å². The second kappa shape index (κ2) is 3.01. The van der Waals surface area contributed by atoms with Crippen LogP contribution in [0, 0.1) is 5.92 Å². The highest BCUT2D eigenvalue weighted by molar-refractivity contribution is 5.84. The van der Waals surface area contributed by atoms with E-state index in [9.17, 15) is 4.79 Å². The number of hydrogen-bond donors (Lipinski definition) is 1. The lowest BCUT2D eigenvalue weighted by atomic mass is 9.96. The molecule has 0 aliphatic carbocycles. The van der Waals surface area contributed by atoms with Crippen LogP contribution in [0.4, 0.5) is 0 Å². The van der Waals surface area contributed by atoms with Crippen LogP contribution in [-0.4, -0.2) is 12.5 Å². The molecule has 0 aromatic carbocycles. The highest BCUT2D eigenvalue weighted by Gasteiger charge is 2.26. The second-order valence-electron chi connectivity index (χ2n) is 3.06. The van der Waals surface area contributed by atoms with E-state index in [4.69, 9.17) is 4.42 Å². The molecular weight excluding hydrogens is 154 g/mol. The van der Waals surface area contributed by atoms with Gasteiger partial charge in [0.25, 0.3) is 0 Å². The maximum absolute atomic E-state index is 10.8. The summed E-state index contributed by atoms with van der Waals surface area (Å²) in [5.41, 5.74) is 0. The van der Waals surface area contributed by atoms with E-state index in [0.29, 0.717) is 0 Å². The molecule has 1 aliphatic rings. The van der Waals surface area contributed by atoms with E-state index in [1.54, 1.807) is 6.26 Å². The molecular formula is C9H11NO2. The van der Waals surface area contributed by atoms with Gasteiger partial charge in [-0.2, -0.15) is 0 Å². The molecule has 2 heterocycles. The van der Waals surface area contributed by atoms with Gasteiger partial charge < -0.3 is 9.73 Å². The summed E-state index contributed by atoms with van der Waals surface area (Å²) < 4.78 is 5.16. The average Bonchev–Trinajstić information content (AvgIpc) is 2.54. The summed E-state index contributed by atoms with van der Waals surface area (Å²) in [5, 5.41) is 2.72. The largest absolute Gasteiger partial charge is 0.469 e. The number of aryl methyl sites for hydroxylation is 1. The van der Waals surface area contributed by atoms with Crippen LogP contribution in [0.5, 0.6) is 0 Å². The first-order chi connectivity index (χ1) is 5.86. The monoisotopic (exact) mass is 165 g/mol. The quantitative estimate of drug-likeness (QED) is 0.678. The second-order valence-corrected chi connectivity index (χ2v) is 3.06. The maximum Gasteiger partial charge on any atom is 0.224 e. The van der Waals surface area contributed by atoms with Crippen LogP contribution in [0.15, 0.2) is 22.8 Å².